The molecule has 0 unspecified atom stereocenters. The molecule has 0 saturated carbocycles. The molecule has 0 fully saturated rings. The highest BCUT2D eigenvalue weighted by Gasteiger charge is 2.19. The van der Waals surface area contributed by atoms with Crippen molar-refractivity contribution in [2.75, 3.05) is 0 Å². The minimum absolute atomic E-state index is 0.202. The van der Waals surface area contributed by atoms with Crippen molar-refractivity contribution in [3.05, 3.63) is 107 Å². The molecular formula is C22H20N2O4S. The summed E-state index contributed by atoms with van der Waals surface area (Å²) in [5.41, 5.74) is 2.94. The van der Waals surface area contributed by atoms with E-state index < -0.39 is 9.84 Å². The van der Waals surface area contributed by atoms with Gasteiger partial charge in [0.05, 0.1) is 22.9 Å². The van der Waals surface area contributed by atoms with Crippen LogP contribution in [0.2, 0.25) is 0 Å². The Balaban J connectivity index is 1.37. The zero-order valence-electron chi connectivity index (χ0n) is 15.7. The summed E-state index contributed by atoms with van der Waals surface area (Å²) in [4.78, 5) is 0. The first kappa shape index (κ1) is 19.1. The Kier molecular flexibility index (Phi) is 5.57. The number of hydrogen-bond acceptors (Lipinski definition) is 6. The van der Waals surface area contributed by atoms with Crippen LogP contribution in [0.5, 0.6) is 0 Å². The molecule has 2 aromatic heterocycles. The van der Waals surface area contributed by atoms with Crippen LogP contribution in [0, 0.1) is 0 Å². The van der Waals surface area contributed by atoms with E-state index in [2.05, 4.69) is 10.3 Å². The van der Waals surface area contributed by atoms with Gasteiger partial charge in [0.2, 0.25) is 0 Å². The standard InChI is InChI=1S/C22H20N2O4S/c25-29(26,15-19-13-21(27-23-19)11-17-7-3-1-4-8-17)16-20-14-22(28-24-20)12-18-9-5-2-6-10-18/h1-10,13-14H,11-12,15-16H2. The van der Waals surface area contributed by atoms with Gasteiger partial charge in [-0.1, -0.05) is 71.0 Å². The predicted octanol–water partition coefficient (Wildman–Crippen LogP) is 3.96. The molecule has 6 nitrogen and oxygen atoms in total. The van der Waals surface area contributed by atoms with Crippen LogP contribution in [0.4, 0.5) is 0 Å². The van der Waals surface area contributed by atoms with Gasteiger partial charge in [0.1, 0.15) is 11.5 Å². The van der Waals surface area contributed by atoms with E-state index in [-0.39, 0.29) is 11.5 Å². The number of nitrogens with zero attached hydrogens (tertiary/aromatic N) is 2. The van der Waals surface area contributed by atoms with Crippen LogP contribution in [0.25, 0.3) is 0 Å². The summed E-state index contributed by atoms with van der Waals surface area (Å²) >= 11 is 0. The molecule has 2 aromatic carbocycles. The van der Waals surface area contributed by atoms with E-state index in [1.165, 1.54) is 0 Å². The second kappa shape index (κ2) is 8.45. The van der Waals surface area contributed by atoms with E-state index in [0.29, 0.717) is 35.7 Å². The lowest BCUT2D eigenvalue weighted by Gasteiger charge is -1.98. The van der Waals surface area contributed by atoms with Crippen molar-refractivity contribution in [3.63, 3.8) is 0 Å². The van der Waals surface area contributed by atoms with Gasteiger partial charge in [0.15, 0.2) is 9.84 Å². The Bertz CT molecular complexity index is 1080. The predicted molar refractivity (Wildman–Crippen MR) is 108 cm³/mol. The van der Waals surface area contributed by atoms with Crippen LogP contribution in [0.3, 0.4) is 0 Å². The molecule has 0 aliphatic heterocycles. The van der Waals surface area contributed by atoms with Crippen molar-refractivity contribution in [2.24, 2.45) is 0 Å². The molecule has 2 heterocycles. The molecule has 29 heavy (non-hydrogen) atoms. The second-order valence-electron chi connectivity index (χ2n) is 6.93. The van der Waals surface area contributed by atoms with Gasteiger partial charge < -0.3 is 9.05 Å². The van der Waals surface area contributed by atoms with E-state index in [9.17, 15) is 8.42 Å². The maximum Gasteiger partial charge on any atom is 0.161 e. The summed E-state index contributed by atoms with van der Waals surface area (Å²) in [6.07, 6.45) is 1.14. The zero-order valence-corrected chi connectivity index (χ0v) is 16.5. The van der Waals surface area contributed by atoms with Gasteiger partial charge in [-0.25, -0.2) is 8.42 Å². The molecule has 0 saturated heterocycles. The van der Waals surface area contributed by atoms with Gasteiger partial charge in [0.25, 0.3) is 0 Å². The largest absolute Gasteiger partial charge is 0.361 e. The molecule has 4 aromatic rings. The van der Waals surface area contributed by atoms with E-state index in [1.54, 1.807) is 12.1 Å². The van der Waals surface area contributed by atoms with Crippen molar-refractivity contribution in [1.82, 2.24) is 10.3 Å². The van der Waals surface area contributed by atoms with Crippen LogP contribution in [0.15, 0.2) is 81.8 Å². The summed E-state index contributed by atoms with van der Waals surface area (Å²) in [6, 6.07) is 23.0. The Hall–Kier alpha value is -3.19. The van der Waals surface area contributed by atoms with E-state index in [1.807, 2.05) is 60.7 Å². The van der Waals surface area contributed by atoms with Crippen LogP contribution in [0.1, 0.15) is 34.0 Å². The molecular weight excluding hydrogens is 388 g/mol. The van der Waals surface area contributed by atoms with Crippen LogP contribution in [-0.4, -0.2) is 18.7 Å². The van der Waals surface area contributed by atoms with E-state index in [4.69, 9.17) is 9.05 Å². The summed E-state index contributed by atoms with van der Waals surface area (Å²) in [5.74, 6) is 0.860. The highest BCUT2D eigenvalue weighted by molar-refractivity contribution is 7.89. The Morgan fingerprint density at radius 2 is 1.07 bits per heavy atom. The number of hydrogen-bond donors (Lipinski definition) is 0. The average molecular weight is 408 g/mol. The maximum absolute atomic E-state index is 12.5. The van der Waals surface area contributed by atoms with Crippen molar-refractivity contribution in [3.8, 4) is 0 Å². The van der Waals surface area contributed by atoms with Crippen molar-refractivity contribution in [1.29, 1.82) is 0 Å². The number of rotatable bonds is 8. The molecule has 7 heteroatoms. The summed E-state index contributed by atoms with van der Waals surface area (Å²) < 4.78 is 35.7. The fourth-order valence-electron chi connectivity index (χ4n) is 3.11. The summed E-state index contributed by atoms with van der Waals surface area (Å²) in [7, 11) is -3.45. The lowest BCUT2D eigenvalue weighted by Crippen LogP contribution is -2.08. The van der Waals surface area contributed by atoms with Gasteiger partial charge in [-0.15, -0.1) is 0 Å². The fraction of sp³-hybridized carbons (Fsp3) is 0.182. The topological polar surface area (TPSA) is 86.2 Å². The first-order chi connectivity index (χ1) is 14.1. The lowest BCUT2D eigenvalue weighted by atomic mass is 10.1. The molecule has 0 amide bonds. The number of aromatic nitrogens is 2. The minimum Gasteiger partial charge on any atom is -0.361 e. The molecule has 0 bridgehead atoms. The van der Waals surface area contributed by atoms with Crippen molar-refractivity contribution >= 4 is 9.84 Å². The lowest BCUT2D eigenvalue weighted by molar-refractivity contribution is 0.384. The van der Waals surface area contributed by atoms with Gasteiger partial charge in [-0.3, -0.25) is 0 Å². The van der Waals surface area contributed by atoms with E-state index in [0.717, 1.165) is 11.1 Å². The smallest absolute Gasteiger partial charge is 0.161 e. The Morgan fingerprint density at radius 3 is 1.48 bits per heavy atom. The minimum atomic E-state index is -3.45. The molecule has 148 valence electrons. The second-order valence-corrected chi connectivity index (χ2v) is 8.99. The fourth-order valence-corrected chi connectivity index (χ4v) is 4.39. The van der Waals surface area contributed by atoms with Crippen LogP contribution >= 0.6 is 0 Å². The van der Waals surface area contributed by atoms with Gasteiger partial charge >= 0.3 is 0 Å². The molecule has 0 N–H and O–H groups in total. The summed E-state index contributed by atoms with van der Waals surface area (Å²) in [5, 5.41) is 7.80. The van der Waals surface area contributed by atoms with Crippen LogP contribution in [-0.2, 0) is 34.2 Å². The molecule has 0 spiro atoms. The molecule has 0 atom stereocenters. The normalized spacial score (nSPS) is 11.6. The molecule has 0 aliphatic carbocycles. The maximum atomic E-state index is 12.5. The van der Waals surface area contributed by atoms with Crippen molar-refractivity contribution < 1.29 is 17.5 Å². The highest BCUT2D eigenvalue weighted by Crippen LogP contribution is 2.17. The third-order valence-corrected chi connectivity index (χ3v) is 5.86. The third-order valence-electron chi connectivity index (χ3n) is 4.39. The number of sulfone groups is 1. The van der Waals surface area contributed by atoms with Gasteiger partial charge in [-0.05, 0) is 11.1 Å². The van der Waals surface area contributed by atoms with Gasteiger partial charge in [0, 0.05) is 25.0 Å². The Labute approximate surface area is 169 Å². The van der Waals surface area contributed by atoms with E-state index >= 15 is 0 Å². The monoisotopic (exact) mass is 408 g/mol. The SMILES string of the molecule is O=S(=O)(Cc1cc(Cc2ccccc2)on1)Cc1cc(Cc2ccccc2)on1. The molecule has 0 aliphatic rings. The van der Waals surface area contributed by atoms with Gasteiger partial charge in [-0.2, -0.15) is 0 Å². The highest BCUT2D eigenvalue weighted by atomic mass is 32.2. The summed E-state index contributed by atoms with van der Waals surface area (Å²) in [6.45, 7) is 0. The third kappa shape index (κ3) is 5.42. The first-order valence-corrected chi connectivity index (χ1v) is 11.1. The average Bonchev–Trinajstić information content (AvgIpc) is 3.32. The van der Waals surface area contributed by atoms with Crippen LogP contribution < -0.4 is 0 Å². The molecule has 0 radical (unpaired) electrons. The zero-order chi connectivity index (χ0) is 20.1. The molecule has 4 rings (SSSR count). The Morgan fingerprint density at radius 1 is 0.655 bits per heavy atom. The first-order valence-electron chi connectivity index (χ1n) is 9.23. The quantitative estimate of drug-likeness (QED) is 0.439. The van der Waals surface area contributed by atoms with Crippen molar-refractivity contribution in [2.45, 2.75) is 24.3 Å². The number of benzene rings is 2.